The Morgan fingerprint density at radius 3 is 1.38 bits per heavy atom. The maximum Gasteiger partial charge on any atom is 0.488 e. The van der Waals surface area contributed by atoms with Gasteiger partial charge in [0.2, 0.25) is 0 Å². The third kappa shape index (κ3) is 19.5. The summed E-state index contributed by atoms with van der Waals surface area (Å²) >= 11 is 65.4. The number of H-pyrrole nitrogens is 4. The number of nitrogens with one attached hydrogen (secondary N) is 6. The first-order valence-corrected chi connectivity index (χ1v) is 33.6. The Bertz CT molecular complexity index is 4580. The number of fused-ring (bicyclic) bond motifs is 4. The molecule has 0 spiro atoms. The van der Waals surface area contributed by atoms with Crippen molar-refractivity contribution in [2.24, 2.45) is 0 Å². The van der Waals surface area contributed by atoms with Crippen LogP contribution in [0.15, 0.2) is 144 Å². The SMILES string of the molecule is BrBr.ClCc1c(Cl)cccc1Cl.N=c1ncn(Cc2c(Cl)cccc2Cl)c2nc(-c3ccc(Cl)cc3)[nH]c12.N=c1ncn(Cc2c(Cl)cccc2Cl)c2nc(Br)[nH]c12.Nc1ncnc2nc(Br)[nH]c12.Nc1ncnc2nc[nH]c12.O.OB(O)c1ccc(Cl)cc1. The Hall–Kier alpha value is -6.03. The number of nitrogens with zero attached hydrogens (tertiary/aromatic N) is 12. The van der Waals surface area contributed by atoms with Crippen molar-refractivity contribution < 1.29 is 15.5 Å². The van der Waals surface area contributed by atoms with Crippen molar-refractivity contribution in [3.05, 3.63) is 212 Å². The molecule has 0 aliphatic heterocycles. The smallest absolute Gasteiger partial charge is 0.423 e. The molecule has 0 unspecified atom stereocenters. The lowest BCUT2D eigenvalue weighted by molar-refractivity contribution is 0.426. The fourth-order valence-electron chi connectivity index (χ4n) is 7.52. The molecule has 5 aromatic carbocycles. The summed E-state index contributed by atoms with van der Waals surface area (Å²) in [7, 11) is -1.41. The zero-order chi connectivity index (χ0) is 64.5. The molecule has 37 heteroatoms. The summed E-state index contributed by atoms with van der Waals surface area (Å²) in [4.78, 5) is 52.2. The molecule has 0 aliphatic rings. The minimum atomic E-state index is -1.41. The second kappa shape index (κ2) is 35.1. The first kappa shape index (κ1) is 73.0. The molecular weight excluding hydrogens is 1610 g/mol. The van der Waals surface area contributed by atoms with E-state index in [1.807, 2.05) is 16.7 Å². The lowest BCUT2D eigenvalue weighted by Crippen LogP contribution is -2.29. The van der Waals surface area contributed by atoms with E-state index in [4.69, 9.17) is 137 Å². The van der Waals surface area contributed by atoms with Gasteiger partial charge < -0.3 is 56.1 Å². The zero-order valence-electron chi connectivity index (χ0n) is 45.2. The van der Waals surface area contributed by atoms with Crippen molar-refractivity contribution in [1.82, 2.24) is 78.9 Å². The molecule has 8 heterocycles. The van der Waals surface area contributed by atoms with Crippen LogP contribution in [0.4, 0.5) is 11.6 Å². The van der Waals surface area contributed by atoms with Crippen LogP contribution in [-0.2, 0) is 19.0 Å². The molecule has 0 aliphatic carbocycles. The first-order chi connectivity index (χ1) is 42.7. The predicted molar refractivity (Wildman–Crippen MR) is 373 cm³/mol. The fraction of sp³-hybridized carbons (Fsp3) is 0.0566. The summed E-state index contributed by atoms with van der Waals surface area (Å²) in [6, 6.07) is 29.7. The van der Waals surface area contributed by atoms with E-state index >= 15 is 0 Å². The van der Waals surface area contributed by atoms with Crippen LogP contribution in [0.25, 0.3) is 56.0 Å². The minimum absolute atomic E-state index is 0. The molecule has 0 bridgehead atoms. The van der Waals surface area contributed by atoms with E-state index in [9.17, 15) is 0 Å². The minimum Gasteiger partial charge on any atom is -0.423 e. The van der Waals surface area contributed by atoms with Crippen LogP contribution in [0.3, 0.4) is 0 Å². The van der Waals surface area contributed by atoms with Crippen LogP contribution in [0.5, 0.6) is 0 Å². The Morgan fingerprint density at radius 2 is 0.922 bits per heavy atom. The third-order valence-corrected chi connectivity index (χ3v) is 15.5. The van der Waals surface area contributed by atoms with Gasteiger partial charge in [-0.3, -0.25) is 10.8 Å². The molecule has 0 saturated carbocycles. The van der Waals surface area contributed by atoms with Crippen LogP contribution < -0.4 is 27.9 Å². The quantitative estimate of drug-likeness (QED) is 0.0403. The lowest BCUT2D eigenvalue weighted by atomic mass is 9.81. The van der Waals surface area contributed by atoms with Crippen molar-refractivity contribution in [3.63, 3.8) is 0 Å². The highest BCUT2D eigenvalue weighted by molar-refractivity contribution is 9.93. The molecule has 0 fully saturated rings. The van der Waals surface area contributed by atoms with Gasteiger partial charge in [-0.25, -0.2) is 49.8 Å². The number of halogens is 13. The van der Waals surface area contributed by atoms with Gasteiger partial charge in [-0.1, -0.05) is 123 Å². The number of benzene rings is 5. The highest BCUT2D eigenvalue weighted by Gasteiger charge is 2.15. The average molecular weight is 1660 g/mol. The largest absolute Gasteiger partial charge is 0.488 e. The van der Waals surface area contributed by atoms with Crippen LogP contribution in [0.1, 0.15) is 16.7 Å². The molecule has 13 aromatic rings. The number of anilines is 2. The number of nitrogens with two attached hydrogens (primary N) is 2. The van der Waals surface area contributed by atoms with E-state index in [-0.39, 0.29) is 16.5 Å². The second-order valence-electron chi connectivity index (χ2n) is 17.5. The molecule has 0 saturated heterocycles. The van der Waals surface area contributed by atoms with E-state index in [1.165, 1.54) is 19.0 Å². The highest BCUT2D eigenvalue weighted by Crippen LogP contribution is 2.29. The van der Waals surface area contributed by atoms with E-state index in [2.05, 4.69) is 130 Å². The summed E-state index contributed by atoms with van der Waals surface area (Å²) in [6.45, 7) is 0.826. The number of imidazole rings is 4. The summed E-state index contributed by atoms with van der Waals surface area (Å²) in [5.41, 5.74) is 19.8. The maximum absolute atomic E-state index is 8.63. The topological polar surface area (TPSA) is 374 Å². The standard InChI is InChI=1S/C18H12Cl3N5.C12H8BrCl2N5.C7H5Cl3.C6H6BClO2.C5H4BrN5.C5H5N5.Br2.H2O/c19-11-6-4-10(5-7-11)17-24-15-16(22)23-9-26(18(15)25-17)8-12-13(20)2-1-3-14(12)21;13-12-18-9-10(16)17-5-20(11(9)19-12)4-6-7(14)2-1-3-8(6)15;8-4-5-6(9)2-1-3-7(5)10;8-6-3-1-5(2-4-6)7(9)10;6-5-10-2-3(7)8-1-9-4(2)11-5;6-4-3-5(9-1-7-3)10-2-8-4;1-2;/h1-7,9,22H,8H2,(H,24,25);1-3,5,16H,4H2,(H,18,19);1-3H,4H2;1-4,9-10H;1H,(H3,7,8,9,10,11);1-2H,(H3,6,7,8,9,10);;1H2. The van der Waals surface area contributed by atoms with Gasteiger partial charge in [0.25, 0.3) is 0 Å². The van der Waals surface area contributed by atoms with Crippen molar-refractivity contribution in [2.75, 3.05) is 11.5 Å². The number of aromatic amines is 4. The number of nitrogen functional groups attached to an aromatic ring is 2. The van der Waals surface area contributed by atoms with Crippen molar-refractivity contribution in [3.8, 4) is 11.4 Å². The molecule has 8 aromatic heterocycles. The first-order valence-electron chi connectivity index (χ1n) is 24.7. The number of alkyl halides is 1. The molecule has 466 valence electrons. The fourth-order valence-corrected chi connectivity index (χ4v) is 10.5. The normalized spacial score (nSPS) is 10.4. The Kier molecular flexibility index (Phi) is 28.5. The Morgan fingerprint density at radius 1 is 0.500 bits per heavy atom. The maximum atomic E-state index is 8.63. The monoisotopic (exact) mass is 1650 g/mol. The molecule has 0 amide bonds. The molecule has 23 nitrogen and oxygen atoms in total. The molecule has 90 heavy (non-hydrogen) atoms. The van der Waals surface area contributed by atoms with Crippen molar-refractivity contribution in [1.29, 1.82) is 10.8 Å². The Balaban J connectivity index is 0.000000179. The van der Waals surface area contributed by atoms with E-state index in [0.29, 0.717) is 136 Å². The molecule has 13 rings (SSSR count). The van der Waals surface area contributed by atoms with Gasteiger partial charge in [-0.05, 0) is 110 Å². The lowest BCUT2D eigenvalue weighted by Gasteiger charge is -2.10. The summed E-state index contributed by atoms with van der Waals surface area (Å²) < 4.78 is 4.77. The number of hydrogen-bond donors (Lipinski definition) is 10. The van der Waals surface area contributed by atoms with E-state index in [0.717, 1.165) is 22.3 Å². The van der Waals surface area contributed by atoms with Crippen LogP contribution in [0, 0.1) is 10.8 Å². The van der Waals surface area contributed by atoms with E-state index in [1.54, 1.807) is 108 Å². The van der Waals surface area contributed by atoms with Crippen molar-refractivity contribution in [2.45, 2.75) is 19.0 Å². The summed E-state index contributed by atoms with van der Waals surface area (Å²) in [5.74, 6) is 1.84. The van der Waals surface area contributed by atoms with Crippen molar-refractivity contribution >= 4 is 233 Å². The van der Waals surface area contributed by atoms with Gasteiger partial charge in [-0.2, -0.15) is 0 Å². The van der Waals surface area contributed by atoms with Crippen LogP contribution in [-0.4, -0.2) is 102 Å². The van der Waals surface area contributed by atoms with Gasteiger partial charge in [0.15, 0.2) is 54.7 Å². The summed E-state index contributed by atoms with van der Waals surface area (Å²) in [5, 5.41) is 37.9. The molecule has 14 N–H and O–H groups in total. The molecule has 0 radical (unpaired) electrons. The third-order valence-electron chi connectivity index (χ3n) is 11.8. The van der Waals surface area contributed by atoms with E-state index < -0.39 is 7.12 Å². The zero-order valence-corrected chi connectivity index (χ0v) is 58.4. The van der Waals surface area contributed by atoms with Gasteiger partial charge in [0.1, 0.15) is 40.5 Å². The van der Waals surface area contributed by atoms with Gasteiger partial charge in [0, 0.05) is 90.7 Å². The van der Waals surface area contributed by atoms with Crippen LogP contribution in [0.2, 0.25) is 40.2 Å². The number of hydrogen-bond acceptors (Lipinski definition) is 16. The predicted octanol–water partition coefficient (Wildman–Crippen LogP) is 13.5. The van der Waals surface area contributed by atoms with Gasteiger partial charge >= 0.3 is 7.12 Å². The number of rotatable bonds is 7. The van der Waals surface area contributed by atoms with Crippen LogP contribution >= 0.6 is 165 Å². The number of aromatic nitrogens is 16. The molecule has 0 atom stereocenters. The Labute approximate surface area is 586 Å². The van der Waals surface area contributed by atoms with Gasteiger partial charge in [0.05, 0.1) is 38.0 Å². The highest BCUT2D eigenvalue weighted by atomic mass is 80.9. The average Bonchev–Trinajstić information content (AvgIpc) is 2.06. The summed E-state index contributed by atoms with van der Waals surface area (Å²) in [6.07, 6.45) is 7.42. The van der Waals surface area contributed by atoms with Gasteiger partial charge in [-0.15, -0.1) is 11.6 Å². The molecular formula is C53H42BBr4Cl9N20O3. The second-order valence-corrected chi connectivity index (χ2v) is 22.5.